The molecule has 1 N–H and O–H groups in total. The topological polar surface area (TPSA) is 75.7 Å². The number of piperidine rings is 1. The maximum Gasteiger partial charge on any atom is 0.243 e. The highest BCUT2D eigenvalue weighted by atomic mass is 35.5. The number of rotatable bonds is 9. The fourth-order valence-electron chi connectivity index (χ4n) is 2.98. The summed E-state index contributed by atoms with van der Waals surface area (Å²) in [6.45, 7) is 6.69. The first-order valence-electron chi connectivity index (χ1n) is 9.42. The van der Waals surface area contributed by atoms with Crippen LogP contribution in [-0.4, -0.2) is 51.5 Å². The standard InChI is InChI=1S/C19H29ClN2O4S/c1-15(2)14-26-12-4-10-21-19(23)16-5-3-11-22(13-16)27(24,25)18-8-6-17(20)7-9-18/h6-9,15-16H,3-5,10-14H2,1-2H3,(H,21,23). The molecule has 0 aromatic heterocycles. The van der Waals surface area contributed by atoms with Gasteiger partial charge in [0, 0.05) is 37.9 Å². The maximum atomic E-state index is 12.8. The summed E-state index contributed by atoms with van der Waals surface area (Å²) in [5, 5.41) is 3.39. The first kappa shape index (κ1) is 22.1. The van der Waals surface area contributed by atoms with Gasteiger partial charge < -0.3 is 10.1 Å². The van der Waals surface area contributed by atoms with Crippen molar-refractivity contribution in [2.24, 2.45) is 11.8 Å². The molecule has 0 radical (unpaired) electrons. The molecule has 1 aromatic rings. The highest BCUT2D eigenvalue weighted by molar-refractivity contribution is 7.89. The second-order valence-corrected chi connectivity index (χ2v) is 9.64. The van der Waals surface area contributed by atoms with Gasteiger partial charge in [0.25, 0.3) is 0 Å². The van der Waals surface area contributed by atoms with Gasteiger partial charge in [-0.05, 0) is 49.4 Å². The van der Waals surface area contributed by atoms with Crippen molar-refractivity contribution in [2.75, 3.05) is 32.8 Å². The van der Waals surface area contributed by atoms with Crippen molar-refractivity contribution >= 4 is 27.5 Å². The van der Waals surface area contributed by atoms with Crippen LogP contribution >= 0.6 is 11.6 Å². The summed E-state index contributed by atoms with van der Waals surface area (Å²) in [6, 6.07) is 6.12. The van der Waals surface area contributed by atoms with Crippen molar-refractivity contribution in [1.82, 2.24) is 9.62 Å². The third-order valence-electron chi connectivity index (χ3n) is 4.42. The quantitative estimate of drug-likeness (QED) is 0.628. The van der Waals surface area contributed by atoms with Gasteiger partial charge in [-0.15, -0.1) is 0 Å². The van der Waals surface area contributed by atoms with Gasteiger partial charge in [0.15, 0.2) is 0 Å². The van der Waals surface area contributed by atoms with E-state index in [0.717, 1.165) is 6.42 Å². The van der Waals surface area contributed by atoms with Gasteiger partial charge in [0.05, 0.1) is 10.8 Å². The van der Waals surface area contributed by atoms with E-state index in [1.165, 1.54) is 16.4 Å². The van der Waals surface area contributed by atoms with Crippen molar-refractivity contribution in [1.29, 1.82) is 0 Å². The van der Waals surface area contributed by atoms with E-state index in [1.54, 1.807) is 12.1 Å². The molecule has 1 saturated heterocycles. The van der Waals surface area contributed by atoms with Crippen LogP contribution in [0, 0.1) is 11.8 Å². The number of sulfonamides is 1. The number of benzene rings is 1. The van der Waals surface area contributed by atoms with Gasteiger partial charge in [-0.3, -0.25) is 4.79 Å². The van der Waals surface area contributed by atoms with Gasteiger partial charge in [-0.25, -0.2) is 8.42 Å². The van der Waals surface area contributed by atoms with Crippen LogP contribution in [0.25, 0.3) is 0 Å². The Balaban J connectivity index is 1.84. The summed E-state index contributed by atoms with van der Waals surface area (Å²) in [6.07, 6.45) is 2.11. The number of carbonyl (C=O) groups is 1. The molecule has 1 atom stereocenters. The number of hydrogen-bond donors (Lipinski definition) is 1. The van der Waals surface area contributed by atoms with Gasteiger partial charge in [-0.2, -0.15) is 4.31 Å². The van der Waals surface area contributed by atoms with Gasteiger partial charge >= 0.3 is 0 Å². The first-order valence-corrected chi connectivity index (χ1v) is 11.2. The number of nitrogens with zero attached hydrogens (tertiary/aromatic N) is 1. The normalized spacial score (nSPS) is 18.6. The van der Waals surface area contributed by atoms with E-state index in [-0.39, 0.29) is 23.3 Å². The van der Waals surface area contributed by atoms with Crippen LogP contribution in [0.3, 0.4) is 0 Å². The Labute approximate surface area is 167 Å². The molecule has 152 valence electrons. The summed E-state index contributed by atoms with van der Waals surface area (Å²) in [7, 11) is -3.61. The summed E-state index contributed by atoms with van der Waals surface area (Å²) in [4.78, 5) is 12.6. The lowest BCUT2D eigenvalue weighted by atomic mass is 9.99. The van der Waals surface area contributed by atoms with Crippen LogP contribution in [0.4, 0.5) is 0 Å². The van der Waals surface area contributed by atoms with Gasteiger partial charge in [0.2, 0.25) is 15.9 Å². The number of ether oxygens (including phenoxy) is 1. The summed E-state index contributed by atoms with van der Waals surface area (Å²) in [5.41, 5.74) is 0. The summed E-state index contributed by atoms with van der Waals surface area (Å²) in [5.74, 6) is 0.0858. The molecule has 8 heteroatoms. The summed E-state index contributed by atoms with van der Waals surface area (Å²) >= 11 is 5.84. The second kappa shape index (κ2) is 10.4. The minimum Gasteiger partial charge on any atom is -0.381 e. The fourth-order valence-corrected chi connectivity index (χ4v) is 4.63. The average Bonchev–Trinajstić information content (AvgIpc) is 2.64. The van der Waals surface area contributed by atoms with E-state index in [4.69, 9.17) is 16.3 Å². The lowest BCUT2D eigenvalue weighted by Gasteiger charge is -2.31. The van der Waals surface area contributed by atoms with Crippen LogP contribution in [0.5, 0.6) is 0 Å². The molecule has 1 aromatic carbocycles. The van der Waals surface area contributed by atoms with E-state index < -0.39 is 10.0 Å². The van der Waals surface area contributed by atoms with Crippen LogP contribution in [-0.2, 0) is 19.6 Å². The Morgan fingerprint density at radius 3 is 2.70 bits per heavy atom. The second-order valence-electron chi connectivity index (χ2n) is 7.27. The Morgan fingerprint density at radius 1 is 1.33 bits per heavy atom. The van der Waals surface area contributed by atoms with E-state index in [0.29, 0.717) is 50.1 Å². The largest absolute Gasteiger partial charge is 0.381 e. The Hall–Kier alpha value is -1.15. The molecule has 0 spiro atoms. The lowest BCUT2D eigenvalue weighted by molar-refractivity contribution is -0.126. The fraction of sp³-hybridized carbons (Fsp3) is 0.632. The molecular formula is C19H29ClN2O4S. The van der Waals surface area contributed by atoms with E-state index in [1.807, 2.05) is 0 Å². The molecule has 0 aliphatic carbocycles. The van der Waals surface area contributed by atoms with Crippen LogP contribution in [0.1, 0.15) is 33.1 Å². The van der Waals surface area contributed by atoms with Crippen LogP contribution in [0.2, 0.25) is 5.02 Å². The highest BCUT2D eigenvalue weighted by Gasteiger charge is 2.33. The molecule has 1 heterocycles. The highest BCUT2D eigenvalue weighted by Crippen LogP contribution is 2.24. The smallest absolute Gasteiger partial charge is 0.243 e. The van der Waals surface area contributed by atoms with Crippen molar-refractivity contribution in [2.45, 2.75) is 38.0 Å². The van der Waals surface area contributed by atoms with Gasteiger partial charge in [0.1, 0.15) is 0 Å². The van der Waals surface area contributed by atoms with E-state index >= 15 is 0 Å². The average molecular weight is 417 g/mol. The van der Waals surface area contributed by atoms with E-state index in [9.17, 15) is 13.2 Å². The van der Waals surface area contributed by atoms with Crippen molar-refractivity contribution in [3.63, 3.8) is 0 Å². The molecule has 0 bridgehead atoms. The van der Waals surface area contributed by atoms with Crippen LogP contribution in [0.15, 0.2) is 29.2 Å². The zero-order chi connectivity index (χ0) is 19.9. The minimum absolute atomic E-state index is 0.0881. The molecule has 1 amide bonds. The number of nitrogens with one attached hydrogen (secondary N) is 1. The Morgan fingerprint density at radius 2 is 2.04 bits per heavy atom. The Bertz CT molecular complexity index is 707. The number of hydrogen-bond acceptors (Lipinski definition) is 4. The zero-order valence-electron chi connectivity index (χ0n) is 16.0. The molecule has 1 fully saturated rings. The molecule has 27 heavy (non-hydrogen) atoms. The third kappa shape index (κ3) is 6.75. The monoisotopic (exact) mass is 416 g/mol. The number of carbonyl (C=O) groups excluding carboxylic acids is 1. The first-order chi connectivity index (χ1) is 12.8. The Kier molecular flexibility index (Phi) is 8.54. The van der Waals surface area contributed by atoms with Crippen LogP contribution < -0.4 is 5.32 Å². The zero-order valence-corrected chi connectivity index (χ0v) is 17.6. The molecular weight excluding hydrogens is 388 g/mol. The molecule has 1 aliphatic heterocycles. The van der Waals surface area contributed by atoms with Crippen molar-refractivity contribution in [3.05, 3.63) is 29.3 Å². The van der Waals surface area contributed by atoms with E-state index in [2.05, 4.69) is 19.2 Å². The number of amides is 1. The van der Waals surface area contributed by atoms with Gasteiger partial charge in [-0.1, -0.05) is 25.4 Å². The SMILES string of the molecule is CC(C)COCCCNC(=O)C1CCCN(S(=O)(=O)c2ccc(Cl)cc2)C1. The molecule has 6 nitrogen and oxygen atoms in total. The molecule has 1 unspecified atom stereocenters. The number of halogens is 1. The third-order valence-corrected chi connectivity index (χ3v) is 6.55. The lowest BCUT2D eigenvalue weighted by Crippen LogP contribution is -2.45. The summed E-state index contributed by atoms with van der Waals surface area (Å²) < 4.78 is 32.5. The molecule has 1 aliphatic rings. The predicted molar refractivity (Wildman–Crippen MR) is 106 cm³/mol. The minimum atomic E-state index is -3.61. The van der Waals surface area contributed by atoms with Crippen molar-refractivity contribution in [3.8, 4) is 0 Å². The molecule has 0 saturated carbocycles. The maximum absolute atomic E-state index is 12.8. The predicted octanol–water partition coefficient (Wildman–Crippen LogP) is 2.92. The molecule has 2 rings (SSSR count). The van der Waals surface area contributed by atoms with Crippen molar-refractivity contribution < 1.29 is 17.9 Å².